The number of anilines is 1. The second-order valence-electron chi connectivity index (χ2n) is 9.44. The van der Waals surface area contributed by atoms with E-state index >= 15 is 0 Å². The van der Waals surface area contributed by atoms with Gasteiger partial charge in [0.15, 0.2) is 0 Å². The Morgan fingerprint density at radius 3 is 2.40 bits per heavy atom. The van der Waals surface area contributed by atoms with Crippen molar-refractivity contribution in [2.24, 2.45) is 16.6 Å². The van der Waals surface area contributed by atoms with Crippen LogP contribution in [0.1, 0.15) is 41.0 Å². The fourth-order valence-electron chi connectivity index (χ4n) is 4.71. The summed E-state index contributed by atoms with van der Waals surface area (Å²) in [5.41, 5.74) is 7.85. The molecule has 0 saturated heterocycles. The van der Waals surface area contributed by atoms with Crippen LogP contribution < -0.4 is 16.4 Å². The molecule has 11 heteroatoms. The third kappa shape index (κ3) is 6.53. The van der Waals surface area contributed by atoms with Gasteiger partial charge in [-0.3, -0.25) is 14.4 Å². The van der Waals surface area contributed by atoms with Crippen LogP contribution in [0, 0.1) is 18.7 Å². The highest BCUT2D eigenvalue weighted by Crippen LogP contribution is 2.33. The third-order valence-electron chi connectivity index (χ3n) is 6.60. The first kappa shape index (κ1) is 28.5. The molecular formula is C29H26F4N4O3. The molecule has 0 saturated carbocycles. The van der Waals surface area contributed by atoms with Gasteiger partial charge in [0.25, 0.3) is 5.91 Å². The third-order valence-corrected chi connectivity index (χ3v) is 6.60. The Labute approximate surface area is 227 Å². The number of nitrogens with two attached hydrogens (primary N) is 1. The maximum Gasteiger partial charge on any atom is 0.389 e. The number of aryl methyl sites for hydroxylation is 1. The van der Waals surface area contributed by atoms with Crippen molar-refractivity contribution in [2.75, 3.05) is 5.32 Å². The summed E-state index contributed by atoms with van der Waals surface area (Å²) in [6.45, 7) is 1.74. The van der Waals surface area contributed by atoms with E-state index in [9.17, 15) is 31.9 Å². The lowest BCUT2D eigenvalue weighted by Crippen LogP contribution is -2.47. The minimum atomic E-state index is -4.61. The van der Waals surface area contributed by atoms with E-state index < -0.39 is 60.6 Å². The van der Waals surface area contributed by atoms with Crippen LogP contribution >= 0.6 is 0 Å². The minimum Gasteiger partial charge on any atom is -0.369 e. The van der Waals surface area contributed by atoms with Gasteiger partial charge >= 0.3 is 6.18 Å². The highest BCUT2D eigenvalue weighted by atomic mass is 19.4. The van der Waals surface area contributed by atoms with Crippen molar-refractivity contribution < 1.29 is 31.9 Å². The van der Waals surface area contributed by atoms with E-state index in [0.717, 1.165) is 0 Å². The van der Waals surface area contributed by atoms with Crippen molar-refractivity contribution in [3.8, 4) is 0 Å². The van der Waals surface area contributed by atoms with Crippen molar-refractivity contribution in [1.29, 1.82) is 0 Å². The van der Waals surface area contributed by atoms with Gasteiger partial charge in [-0.2, -0.15) is 13.2 Å². The molecule has 0 aromatic heterocycles. The largest absolute Gasteiger partial charge is 0.389 e. The number of carbonyl (C=O) groups excluding carboxylic acids is 3. The number of amides is 3. The van der Waals surface area contributed by atoms with E-state index in [-0.39, 0.29) is 11.3 Å². The number of nitrogens with one attached hydrogen (secondary N) is 2. The Morgan fingerprint density at radius 1 is 1.05 bits per heavy atom. The van der Waals surface area contributed by atoms with E-state index in [2.05, 4.69) is 15.6 Å². The molecule has 3 atom stereocenters. The molecule has 3 unspecified atom stereocenters. The van der Waals surface area contributed by atoms with Crippen LogP contribution in [0.4, 0.5) is 23.2 Å². The number of alkyl halides is 3. The number of primary amides is 1. The number of fused-ring (bicyclic) bond motifs is 1. The predicted molar refractivity (Wildman–Crippen MR) is 141 cm³/mol. The Morgan fingerprint density at radius 2 is 1.75 bits per heavy atom. The van der Waals surface area contributed by atoms with Crippen molar-refractivity contribution in [2.45, 2.75) is 38.0 Å². The second kappa shape index (κ2) is 11.7. The first-order valence-corrected chi connectivity index (χ1v) is 12.4. The molecule has 0 spiro atoms. The lowest BCUT2D eigenvalue weighted by Gasteiger charge is -2.26. The molecule has 3 aromatic carbocycles. The summed E-state index contributed by atoms with van der Waals surface area (Å²) in [7, 11) is 0. The van der Waals surface area contributed by atoms with Crippen LogP contribution in [-0.4, -0.2) is 35.8 Å². The number of para-hydroxylation sites is 1. The molecular weight excluding hydrogens is 528 g/mol. The van der Waals surface area contributed by atoms with Gasteiger partial charge in [-0.1, -0.05) is 60.7 Å². The molecule has 4 rings (SSSR count). The average molecular weight is 555 g/mol. The molecule has 3 amide bonds. The molecule has 4 N–H and O–H groups in total. The van der Waals surface area contributed by atoms with E-state index in [1.807, 2.05) is 0 Å². The Bertz CT molecular complexity index is 1460. The number of benzene rings is 3. The van der Waals surface area contributed by atoms with Crippen molar-refractivity contribution >= 4 is 29.1 Å². The monoisotopic (exact) mass is 554 g/mol. The number of halogens is 4. The fourth-order valence-corrected chi connectivity index (χ4v) is 4.71. The van der Waals surface area contributed by atoms with Gasteiger partial charge < -0.3 is 16.4 Å². The normalized spacial score (nSPS) is 16.6. The van der Waals surface area contributed by atoms with E-state index in [0.29, 0.717) is 22.4 Å². The van der Waals surface area contributed by atoms with Crippen LogP contribution in [0.25, 0.3) is 0 Å². The zero-order chi connectivity index (χ0) is 29.0. The van der Waals surface area contributed by atoms with E-state index in [4.69, 9.17) is 5.73 Å². The van der Waals surface area contributed by atoms with Crippen LogP contribution in [0.5, 0.6) is 0 Å². The predicted octanol–water partition coefficient (Wildman–Crippen LogP) is 4.59. The Balaban J connectivity index is 1.75. The Kier molecular flexibility index (Phi) is 8.32. The summed E-state index contributed by atoms with van der Waals surface area (Å²) in [6.07, 6.45) is -8.33. The molecule has 3 aromatic rings. The number of benzodiazepines with no additional fused rings is 1. The number of aliphatic imine (C=N–C) groups is 1. The standard InChI is InChI=1S/C29H26F4N4O3/c1-16-7-5-12-21-23(16)36-28(40)26(35-24(21)18-10-6-11-19(30)15-18)37-27(39)20(13-14-29(31,32)33)22(25(34)38)17-8-3-2-4-9-17/h2-12,15,20,22,26H,13-14H2,1H3,(H2,34,38)(H,36,40)(H,37,39). The maximum absolute atomic E-state index is 14.1. The molecule has 7 nitrogen and oxygen atoms in total. The van der Waals surface area contributed by atoms with Crippen LogP contribution in [0.3, 0.4) is 0 Å². The molecule has 208 valence electrons. The van der Waals surface area contributed by atoms with E-state index in [1.54, 1.807) is 49.4 Å². The lowest BCUT2D eigenvalue weighted by molar-refractivity contribution is -0.144. The van der Waals surface area contributed by atoms with Gasteiger partial charge in [-0.25, -0.2) is 9.38 Å². The number of carbonyl (C=O) groups is 3. The Hall–Kier alpha value is -4.54. The first-order valence-electron chi connectivity index (χ1n) is 12.4. The van der Waals surface area contributed by atoms with Gasteiger partial charge in [-0.05, 0) is 36.6 Å². The maximum atomic E-state index is 14.1. The summed E-state index contributed by atoms with van der Waals surface area (Å²) in [5.74, 6) is -6.29. The van der Waals surface area contributed by atoms with Gasteiger partial charge in [0.2, 0.25) is 18.0 Å². The smallest absolute Gasteiger partial charge is 0.369 e. The lowest BCUT2D eigenvalue weighted by atomic mass is 9.81. The van der Waals surface area contributed by atoms with Gasteiger partial charge in [0.05, 0.1) is 23.2 Å². The number of hydrogen-bond acceptors (Lipinski definition) is 4. The second-order valence-corrected chi connectivity index (χ2v) is 9.44. The van der Waals surface area contributed by atoms with Crippen molar-refractivity contribution in [1.82, 2.24) is 5.32 Å². The number of nitrogens with zero attached hydrogens (tertiary/aromatic N) is 1. The topological polar surface area (TPSA) is 114 Å². The zero-order valence-corrected chi connectivity index (χ0v) is 21.3. The number of rotatable bonds is 8. The molecule has 0 fully saturated rings. The summed E-state index contributed by atoms with van der Waals surface area (Å²) < 4.78 is 53.8. The van der Waals surface area contributed by atoms with Gasteiger partial charge in [0.1, 0.15) is 5.82 Å². The number of hydrogen-bond donors (Lipinski definition) is 3. The molecule has 0 radical (unpaired) electrons. The first-order chi connectivity index (χ1) is 18.9. The van der Waals surface area contributed by atoms with Crippen LogP contribution in [0.15, 0.2) is 77.8 Å². The van der Waals surface area contributed by atoms with Crippen molar-refractivity contribution in [3.05, 3.63) is 101 Å². The molecule has 1 heterocycles. The van der Waals surface area contributed by atoms with E-state index in [1.165, 1.54) is 30.3 Å². The van der Waals surface area contributed by atoms with Gasteiger partial charge in [-0.15, -0.1) is 0 Å². The molecule has 1 aliphatic rings. The van der Waals surface area contributed by atoms with Crippen LogP contribution in [0.2, 0.25) is 0 Å². The highest BCUT2D eigenvalue weighted by Gasteiger charge is 2.39. The fraction of sp³-hybridized carbons (Fsp3) is 0.241. The highest BCUT2D eigenvalue weighted by molar-refractivity contribution is 6.20. The quantitative estimate of drug-likeness (QED) is 0.354. The molecule has 0 bridgehead atoms. The molecule has 0 aliphatic carbocycles. The minimum absolute atomic E-state index is 0.184. The summed E-state index contributed by atoms with van der Waals surface area (Å²) in [4.78, 5) is 43.7. The molecule has 1 aliphatic heterocycles. The summed E-state index contributed by atoms with van der Waals surface area (Å²) >= 11 is 0. The summed E-state index contributed by atoms with van der Waals surface area (Å²) in [5, 5.41) is 5.12. The zero-order valence-electron chi connectivity index (χ0n) is 21.3. The SMILES string of the molecule is Cc1cccc2c1NC(=O)C(NC(=O)C(CCC(F)(F)F)C(C(N)=O)c1ccccc1)N=C2c1cccc(F)c1. The van der Waals surface area contributed by atoms with Crippen LogP contribution in [-0.2, 0) is 14.4 Å². The van der Waals surface area contributed by atoms with Gasteiger partial charge in [0, 0.05) is 17.5 Å². The average Bonchev–Trinajstić information content (AvgIpc) is 3.03. The van der Waals surface area contributed by atoms with Crippen molar-refractivity contribution in [3.63, 3.8) is 0 Å². The summed E-state index contributed by atoms with van der Waals surface area (Å²) in [6, 6.07) is 18.4. The molecule has 40 heavy (non-hydrogen) atoms.